The fourth-order valence-corrected chi connectivity index (χ4v) is 2.77. The van der Waals surface area contributed by atoms with E-state index < -0.39 is 11.9 Å². The van der Waals surface area contributed by atoms with Crippen LogP contribution in [-0.4, -0.2) is 25.1 Å². The second-order valence-electron chi connectivity index (χ2n) is 5.44. The van der Waals surface area contributed by atoms with Gasteiger partial charge in [0.1, 0.15) is 5.75 Å². The monoisotopic (exact) mass is 417 g/mol. The van der Waals surface area contributed by atoms with E-state index >= 15 is 0 Å². The Hall–Kier alpha value is -2.60. The van der Waals surface area contributed by atoms with Crippen molar-refractivity contribution >= 4 is 39.6 Å². The number of hydrogen-bond donors (Lipinski definition) is 1. The summed E-state index contributed by atoms with van der Waals surface area (Å²) in [6, 6.07) is 12.9. The van der Waals surface area contributed by atoms with E-state index in [9.17, 15) is 9.59 Å². The van der Waals surface area contributed by atoms with Crippen LogP contribution in [0.1, 0.15) is 18.1 Å². The van der Waals surface area contributed by atoms with Crippen molar-refractivity contribution in [2.75, 3.05) is 18.5 Å². The summed E-state index contributed by atoms with van der Waals surface area (Å²) < 4.78 is 11.3. The molecule has 0 saturated carbocycles. The van der Waals surface area contributed by atoms with Crippen LogP contribution in [0.5, 0.6) is 5.75 Å². The van der Waals surface area contributed by atoms with Crippen molar-refractivity contribution in [3.63, 3.8) is 0 Å². The van der Waals surface area contributed by atoms with Crippen LogP contribution in [0.2, 0.25) is 0 Å². The van der Waals surface area contributed by atoms with Gasteiger partial charge < -0.3 is 14.8 Å². The molecule has 0 heterocycles. The summed E-state index contributed by atoms with van der Waals surface area (Å²) in [4.78, 5) is 23.8. The van der Waals surface area contributed by atoms with Gasteiger partial charge in [-0.2, -0.15) is 0 Å². The number of anilines is 1. The maximum Gasteiger partial charge on any atom is 0.331 e. The van der Waals surface area contributed by atoms with E-state index in [1.165, 1.54) is 6.08 Å². The molecule has 0 spiro atoms. The number of rotatable bonds is 7. The van der Waals surface area contributed by atoms with Crippen molar-refractivity contribution < 1.29 is 19.1 Å². The van der Waals surface area contributed by atoms with Gasteiger partial charge in [-0.25, -0.2) is 4.79 Å². The Morgan fingerprint density at radius 2 is 1.96 bits per heavy atom. The molecule has 5 nitrogen and oxygen atoms in total. The number of para-hydroxylation sites is 2. The van der Waals surface area contributed by atoms with E-state index in [0.29, 0.717) is 18.0 Å². The minimum absolute atomic E-state index is 0.376. The van der Waals surface area contributed by atoms with Crippen molar-refractivity contribution in [1.29, 1.82) is 0 Å². The molecule has 2 aromatic carbocycles. The summed E-state index contributed by atoms with van der Waals surface area (Å²) in [6.07, 6.45) is 2.92. The topological polar surface area (TPSA) is 64.6 Å². The van der Waals surface area contributed by atoms with Crippen molar-refractivity contribution in [1.82, 2.24) is 0 Å². The molecule has 0 aromatic heterocycles. The number of halogens is 1. The van der Waals surface area contributed by atoms with Gasteiger partial charge in [0.15, 0.2) is 6.61 Å². The lowest BCUT2D eigenvalue weighted by molar-refractivity contribution is -0.142. The second-order valence-corrected chi connectivity index (χ2v) is 6.30. The first kappa shape index (κ1) is 19.7. The lowest BCUT2D eigenvalue weighted by atomic mass is 10.1. The molecule has 0 bridgehead atoms. The molecule has 1 N–H and O–H groups in total. The zero-order valence-corrected chi connectivity index (χ0v) is 16.2. The van der Waals surface area contributed by atoms with Gasteiger partial charge in [-0.15, -0.1) is 0 Å². The van der Waals surface area contributed by atoms with Crippen LogP contribution >= 0.6 is 15.9 Å². The molecule has 0 aliphatic heterocycles. The first-order valence-corrected chi connectivity index (χ1v) is 8.91. The molecule has 2 rings (SSSR count). The quantitative estimate of drug-likeness (QED) is 0.537. The van der Waals surface area contributed by atoms with Gasteiger partial charge in [0, 0.05) is 10.5 Å². The van der Waals surface area contributed by atoms with Crippen LogP contribution in [0.3, 0.4) is 0 Å². The van der Waals surface area contributed by atoms with Gasteiger partial charge in [-0.3, -0.25) is 4.79 Å². The van der Waals surface area contributed by atoms with E-state index in [2.05, 4.69) is 21.2 Å². The minimum atomic E-state index is -0.592. The summed E-state index contributed by atoms with van der Waals surface area (Å²) in [5.74, 6) is -0.458. The molecule has 2 aromatic rings. The molecule has 0 aliphatic rings. The molecule has 0 fully saturated rings. The van der Waals surface area contributed by atoms with Gasteiger partial charge in [-0.05, 0) is 49.2 Å². The first-order valence-electron chi connectivity index (χ1n) is 8.12. The number of benzene rings is 2. The number of amides is 1. The summed E-state index contributed by atoms with van der Waals surface area (Å²) in [5, 5.41) is 2.67. The summed E-state index contributed by atoms with van der Waals surface area (Å²) in [7, 11) is 0. The number of aryl methyl sites for hydroxylation is 1. The lowest BCUT2D eigenvalue weighted by Gasteiger charge is -2.11. The SMILES string of the molecule is CCOc1ccccc1NC(=O)COC(=O)/C=C/c1ccc(C)cc1Br. The van der Waals surface area contributed by atoms with Crippen LogP contribution in [0.4, 0.5) is 5.69 Å². The molecule has 1 amide bonds. The normalized spacial score (nSPS) is 10.6. The molecule has 0 saturated heterocycles. The van der Waals surface area contributed by atoms with Gasteiger partial charge in [0.2, 0.25) is 0 Å². The third-order valence-electron chi connectivity index (χ3n) is 3.36. The highest BCUT2D eigenvalue weighted by Gasteiger charge is 2.09. The van der Waals surface area contributed by atoms with Crippen LogP contribution in [0.25, 0.3) is 6.08 Å². The van der Waals surface area contributed by atoms with E-state index in [1.807, 2.05) is 38.1 Å². The Morgan fingerprint density at radius 3 is 2.69 bits per heavy atom. The Morgan fingerprint density at radius 1 is 1.19 bits per heavy atom. The average molecular weight is 418 g/mol. The molecule has 6 heteroatoms. The number of carbonyl (C=O) groups excluding carboxylic acids is 2. The molecule has 26 heavy (non-hydrogen) atoms. The Kier molecular flexibility index (Phi) is 7.41. The number of hydrogen-bond acceptors (Lipinski definition) is 4. The Bertz CT molecular complexity index is 817. The predicted molar refractivity (Wildman–Crippen MR) is 105 cm³/mol. The number of esters is 1. The number of carbonyl (C=O) groups is 2. The van der Waals surface area contributed by atoms with Gasteiger partial charge >= 0.3 is 5.97 Å². The van der Waals surface area contributed by atoms with Crippen molar-refractivity contribution in [2.24, 2.45) is 0 Å². The molecule has 0 aliphatic carbocycles. The van der Waals surface area contributed by atoms with Gasteiger partial charge in [0.05, 0.1) is 12.3 Å². The highest BCUT2D eigenvalue weighted by molar-refractivity contribution is 9.10. The summed E-state index contributed by atoms with van der Waals surface area (Å²) in [5.41, 5.74) is 2.50. The maximum atomic E-state index is 12.0. The van der Waals surface area contributed by atoms with Crippen LogP contribution in [-0.2, 0) is 14.3 Å². The molecular weight excluding hydrogens is 398 g/mol. The van der Waals surface area contributed by atoms with Crippen molar-refractivity contribution in [3.05, 3.63) is 64.1 Å². The summed E-state index contributed by atoms with van der Waals surface area (Å²) >= 11 is 3.44. The van der Waals surface area contributed by atoms with Gasteiger partial charge in [-0.1, -0.05) is 40.2 Å². The summed E-state index contributed by atoms with van der Waals surface area (Å²) in [6.45, 7) is 3.95. The molecule has 136 valence electrons. The maximum absolute atomic E-state index is 12.0. The predicted octanol–water partition coefficient (Wildman–Crippen LogP) is 4.35. The lowest BCUT2D eigenvalue weighted by Crippen LogP contribution is -2.20. The van der Waals surface area contributed by atoms with Gasteiger partial charge in [0.25, 0.3) is 5.91 Å². The minimum Gasteiger partial charge on any atom is -0.492 e. The zero-order valence-electron chi connectivity index (χ0n) is 14.6. The van der Waals surface area contributed by atoms with Crippen LogP contribution in [0.15, 0.2) is 53.0 Å². The molecule has 0 unspecified atom stereocenters. The third kappa shape index (κ3) is 6.04. The fraction of sp³-hybridized carbons (Fsp3) is 0.200. The van der Waals surface area contributed by atoms with E-state index in [1.54, 1.807) is 24.3 Å². The standard InChI is InChI=1S/C20H20BrNO4/c1-3-25-18-7-5-4-6-17(18)22-19(23)13-26-20(24)11-10-15-9-8-14(2)12-16(15)21/h4-12H,3,13H2,1-2H3,(H,22,23)/b11-10+. The Balaban J connectivity index is 1.87. The first-order chi connectivity index (χ1) is 12.5. The largest absolute Gasteiger partial charge is 0.492 e. The van der Waals surface area contributed by atoms with Crippen molar-refractivity contribution in [3.8, 4) is 5.75 Å². The molecule has 0 atom stereocenters. The Labute approximate surface area is 161 Å². The highest BCUT2D eigenvalue weighted by atomic mass is 79.9. The number of nitrogens with one attached hydrogen (secondary N) is 1. The average Bonchev–Trinajstić information content (AvgIpc) is 2.61. The molecular formula is C20H20BrNO4. The van der Waals surface area contributed by atoms with Crippen molar-refractivity contribution in [2.45, 2.75) is 13.8 Å². The highest BCUT2D eigenvalue weighted by Crippen LogP contribution is 2.23. The van der Waals surface area contributed by atoms with E-state index in [0.717, 1.165) is 15.6 Å². The smallest absolute Gasteiger partial charge is 0.331 e. The van der Waals surface area contributed by atoms with E-state index in [-0.39, 0.29) is 6.61 Å². The fourth-order valence-electron chi connectivity index (χ4n) is 2.15. The van der Waals surface area contributed by atoms with E-state index in [4.69, 9.17) is 9.47 Å². The molecule has 0 radical (unpaired) electrons. The van der Waals surface area contributed by atoms with Crippen LogP contribution in [0, 0.1) is 6.92 Å². The second kappa shape index (κ2) is 9.77. The zero-order chi connectivity index (χ0) is 18.9. The van der Waals surface area contributed by atoms with Crippen LogP contribution < -0.4 is 10.1 Å². The third-order valence-corrected chi connectivity index (χ3v) is 4.05. The number of ether oxygens (including phenoxy) is 2.